The smallest absolute Gasteiger partial charge is 0.129 e. The van der Waals surface area contributed by atoms with Crippen molar-refractivity contribution in [2.45, 2.75) is 0 Å². The van der Waals surface area contributed by atoms with E-state index < -0.39 is 0 Å². The summed E-state index contributed by atoms with van der Waals surface area (Å²) < 4.78 is 11.0. The van der Waals surface area contributed by atoms with Crippen LogP contribution in [0.25, 0.3) is 0 Å². The monoisotopic (exact) mass is 310 g/mol. The maximum absolute atomic E-state index is 9.44. The molecule has 0 unspecified atom stereocenters. The molecule has 1 saturated heterocycles. The van der Waals surface area contributed by atoms with Gasteiger partial charge < -0.3 is 19.9 Å². The van der Waals surface area contributed by atoms with Gasteiger partial charge in [-0.2, -0.15) is 5.26 Å². The summed E-state index contributed by atoms with van der Waals surface area (Å²) in [6.45, 7) is 1.93. The van der Waals surface area contributed by atoms with Crippen LogP contribution in [0.4, 0.5) is 5.69 Å². The number of nitriles is 1. The Kier molecular flexibility index (Phi) is 4.47. The summed E-state index contributed by atoms with van der Waals surface area (Å²) >= 11 is 0. The van der Waals surface area contributed by atoms with E-state index in [1.807, 2.05) is 24.3 Å². The van der Waals surface area contributed by atoms with Crippen LogP contribution in [0.3, 0.4) is 0 Å². The van der Waals surface area contributed by atoms with Crippen molar-refractivity contribution in [3.05, 3.63) is 54.1 Å². The molecule has 5 nitrogen and oxygen atoms in total. The average molecular weight is 310 g/mol. The lowest BCUT2D eigenvalue weighted by atomic mass is 9.87. The van der Waals surface area contributed by atoms with Crippen molar-refractivity contribution >= 4 is 5.69 Å². The summed E-state index contributed by atoms with van der Waals surface area (Å²) in [5, 5.41) is 21.6. The zero-order valence-corrected chi connectivity index (χ0v) is 12.7. The van der Waals surface area contributed by atoms with Crippen molar-refractivity contribution in [2.75, 3.05) is 31.7 Å². The minimum absolute atomic E-state index is 0.113. The highest BCUT2D eigenvalue weighted by molar-refractivity contribution is 5.49. The van der Waals surface area contributed by atoms with Gasteiger partial charge in [0.15, 0.2) is 0 Å². The van der Waals surface area contributed by atoms with Crippen molar-refractivity contribution in [1.82, 2.24) is 0 Å². The molecular weight excluding hydrogens is 292 g/mol. The first-order chi connectivity index (χ1) is 11.2. The predicted octanol–water partition coefficient (Wildman–Crippen LogP) is 2.77. The fraction of sp³-hybridized carbons (Fsp3) is 0.278. The van der Waals surface area contributed by atoms with Crippen LogP contribution in [-0.2, 0) is 4.74 Å². The fourth-order valence-electron chi connectivity index (χ4n) is 2.33. The Labute approximate surface area is 135 Å². The molecule has 1 heterocycles. The average Bonchev–Trinajstić information content (AvgIpc) is 2.55. The number of ether oxygens (including phenoxy) is 2. The van der Waals surface area contributed by atoms with Crippen molar-refractivity contribution < 1.29 is 14.6 Å². The zero-order chi connectivity index (χ0) is 16.1. The molecule has 2 N–H and O–H groups in total. The van der Waals surface area contributed by atoms with Crippen LogP contribution in [-0.4, -0.2) is 31.5 Å². The molecule has 0 aromatic heterocycles. The van der Waals surface area contributed by atoms with Gasteiger partial charge in [-0.25, -0.2) is 0 Å². The molecule has 5 heteroatoms. The number of anilines is 1. The van der Waals surface area contributed by atoms with Crippen molar-refractivity contribution in [3.8, 4) is 17.6 Å². The Hall–Kier alpha value is -2.55. The Morgan fingerprint density at radius 3 is 2.57 bits per heavy atom. The molecule has 0 atom stereocenters. The molecule has 0 amide bonds. The summed E-state index contributed by atoms with van der Waals surface area (Å²) in [5.74, 6) is 1.39. The van der Waals surface area contributed by atoms with Gasteiger partial charge in [-0.1, -0.05) is 6.07 Å². The normalized spacial score (nSPS) is 15.3. The fourth-order valence-corrected chi connectivity index (χ4v) is 2.33. The standard InChI is InChI=1S/C18H18N2O3/c19-9-14-4-6-16(7-5-14)23-17-3-1-2-15(8-17)20-10-18(11-21)12-22-13-18/h1-8,20-21H,10-13H2. The van der Waals surface area contributed by atoms with E-state index in [1.54, 1.807) is 24.3 Å². The van der Waals surface area contributed by atoms with Gasteiger partial charge in [0.2, 0.25) is 0 Å². The molecule has 23 heavy (non-hydrogen) atoms. The van der Waals surface area contributed by atoms with Gasteiger partial charge in [-0.15, -0.1) is 0 Å². The van der Waals surface area contributed by atoms with E-state index in [-0.39, 0.29) is 12.0 Å². The maximum atomic E-state index is 9.44. The van der Waals surface area contributed by atoms with Gasteiger partial charge in [0.1, 0.15) is 11.5 Å². The van der Waals surface area contributed by atoms with Crippen LogP contribution in [0.2, 0.25) is 0 Å². The Bertz CT molecular complexity index is 697. The van der Waals surface area contributed by atoms with E-state index >= 15 is 0 Å². The minimum Gasteiger partial charge on any atom is -0.457 e. The number of hydrogen-bond acceptors (Lipinski definition) is 5. The van der Waals surface area contributed by atoms with Gasteiger partial charge in [-0.05, 0) is 36.4 Å². The summed E-state index contributed by atoms with van der Waals surface area (Å²) in [6.07, 6.45) is 0. The molecule has 1 aliphatic heterocycles. The molecular formula is C18H18N2O3. The number of hydrogen-bond donors (Lipinski definition) is 2. The number of benzene rings is 2. The number of nitrogens with one attached hydrogen (secondary N) is 1. The van der Waals surface area contributed by atoms with E-state index in [2.05, 4.69) is 11.4 Å². The molecule has 1 fully saturated rings. The lowest BCUT2D eigenvalue weighted by molar-refractivity contribution is -0.128. The molecule has 1 aliphatic rings. The second kappa shape index (κ2) is 6.69. The van der Waals surface area contributed by atoms with Crippen molar-refractivity contribution in [1.29, 1.82) is 5.26 Å². The van der Waals surface area contributed by atoms with Crippen molar-refractivity contribution in [3.63, 3.8) is 0 Å². The lowest BCUT2D eigenvalue weighted by Crippen LogP contribution is -2.50. The zero-order valence-electron chi connectivity index (χ0n) is 12.7. The number of aliphatic hydroxyl groups excluding tert-OH is 1. The SMILES string of the molecule is N#Cc1ccc(Oc2cccc(NCC3(CO)COC3)c2)cc1. The summed E-state index contributed by atoms with van der Waals surface area (Å²) in [7, 11) is 0. The molecule has 2 aromatic carbocycles. The van der Waals surface area contributed by atoms with Crippen LogP contribution in [0.1, 0.15) is 5.56 Å². The van der Waals surface area contributed by atoms with Crippen molar-refractivity contribution in [2.24, 2.45) is 5.41 Å². The van der Waals surface area contributed by atoms with E-state index in [0.717, 1.165) is 5.69 Å². The molecule has 0 radical (unpaired) electrons. The van der Waals surface area contributed by atoms with Crippen LogP contribution < -0.4 is 10.1 Å². The molecule has 118 valence electrons. The third-order valence-electron chi connectivity index (χ3n) is 3.87. The first kappa shape index (κ1) is 15.3. The molecule has 0 spiro atoms. The van der Waals surface area contributed by atoms with Gasteiger partial charge in [0.25, 0.3) is 0 Å². The van der Waals surface area contributed by atoms with E-state index in [0.29, 0.717) is 36.8 Å². The highest BCUT2D eigenvalue weighted by Gasteiger charge is 2.37. The lowest BCUT2D eigenvalue weighted by Gasteiger charge is -2.40. The van der Waals surface area contributed by atoms with Crippen LogP contribution in [0.5, 0.6) is 11.5 Å². The third kappa shape index (κ3) is 3.62. The van der Waals surface area contributed by atoms with Gasteiger partial charge in [-0.3, -0.25) is 0 Å². The summed E-state index contributed by atoms with van der Waals surface area (Å²) in [5.41, 5.74) is 1.35. The number of aliphatic hydroxyl groups is 1. The van der Waals surface area contributed by atoms with Gasteiger partial charge in [0, 0.05) is 18.3 Å². The van der Waals surface area contributed by atoms with Crippen LogP contribution in [0.15, 0.2) is 48.5 Å². The largest absolute Gasteiger partial charge is 0.457 e. The molecule has 3 rings (SSSR count). The van der Waals surface area contributed by atoms with E-state index in [4.69, 9.17) is 14.7 Å². The maximum Gasteiger partial charge on any atom is 0.129 e. The van der Waals surface area contributed by atoms with E-state index in [1.165, 1.54) is 0 Å². The Balaban J connectivity index is 1.63. The third-order valence-corrected chi connectivity index (χ3v) is 3.87. The van der Waals surface area contributed by atoms with Gasteiger partial charge >= 0.3 is 0 Å². The molecule has 0 saturated carbocycles. The first-order valence-electron chi connectivity index (χ1n) is 7.44. The highest BCUT2D eigenvalue weighted by atomic mass is 16.5. The van der Waals surface area contributed by atoms with Crippen LogP contribution in [0, 0.1) is 16.7 Å². The minimum atomic E-state index is -0.177. The van der Waals surface area contributed by atoms with Gasteiger partial charge in [0.05, 0.1) is 36.9 Å². The summed E-state index contributed by atoms with van der Waals surface area (Å²) in [4.78, 5) is 0. The Morgan fingerprint density at radius 1 is 1.17 bits per heavy atom. The topological polar surface area (TPSA) is 74.5 Å². The Morgan fingerprint density at radius 2 is 1.96 bits per heavy atom. The van der Waals surface area contributed by atoms with E-state index in [9.17, 15) is 5.11 Å². The molecule has 0 aliphatic carbocycles. The molecule has 2 aromatic rings. The summed E-state index contributed by atoms with van der Waals surface area (Å²) in [6, 6.07) is 16.7. The number of nitrogens with zero attached hydrogens (tertiary/aromatic N) is 1. The first-order valence-corrected chi connectivity index (χ1v) is 7.44. The number of rotatable bonds is 6. The van der Waals surface area contributed by atoms with Crippen LogP contribution >= 0.6 is 0 Å². The molecule has 0 bridgehead atoms. The quantitative estimate of drug-likeness (QED) is 0.858. The second-order valence-electron chi connectivity index (χ2n) is 5.77. The highest BCUT2D eigenvalue weighted by Crippen LogP contribution is 2.29. The second-order valence-corrected chi connectivity index (χ2v) is 5.77. The predicted molar refractivity (Wildman–Crippen MR) is 86.5 cm³/mol.